The van der Waals surface area contributed by atoms with Gasteiger partial charge in [-0.15, -0.1) is 0 Å². The number of nitrogens with zero attached hydrogens (tertiary/aromatic N) is 6. The SMILES string of the molecule is O=C(C1CCCN1c1nc2c(c(Nc3cc(-c4cccnc4)[nH]n3)n1)CCC2)N1CCCC1. The molecular formula is C24H28N8O. The van der Waals surface area contributed by atoms with E-state index in [4.69, 9.17) is 9.97 Å². The van der Waals surface area contributed by atoms with Crippen molar-refractivity contribution in [3.05, 3.63) is 41.9 Å². The van der Waals surface area contributed by atoms with Gasteiger partial charge in [-0.1, -0.05) is 0 Å². The minimum Gasteiger partial charge on any atom is -0.341 e. The van der Waals surface area contributed by atoms with Crippen molar-refractivity contribution >= 4 is 23.5 Å². The molecule has 2 aliphatic heterocycles. The zero-order valence-corrected chi connectivity index (χ0v) is 18.6. The first-order chi connectivity index (χ1) is 16.3. The number of hydrogen-bond donors (Lipinski definition) is 2. The van der Waals surface area contributed by atoms with Crippen LogP contribution in [-0.4, -0.2) is 61.6 Å². The Bertz CT molecular complexity index is 1150. The molecule has 3 aromatic rings. The second kappa shape index (κ2) is 8.46. The van der Waals surface area contributed by atoms with E-state index in [9.17, 15) is 4.79 Å². The van der Waals surface area contributed by atoms with Crippen molar-refractivity contribution in [1.82, 2.24) is 30.0 Å². The number of aryl methyl sites for hydroxylation is 1. The number of amides is 1. The fourth-order valence-electron chi connectivity index (χ4n) is 5.24. The molecule has 2 fully saturated rings. The fourth-order valence-corrected chi connectivity index (χ4v) is 5.24. The maximum Gasteiger partial charge on any atom is 0.245 e. The van der Waals surface area contributed by atoms with Crippen molar-refractivity contribution in [2.45, 2.75) is 51.0 Å². The highest BCUT2D eigenvalue weighted by Crippen LogP contribution is 2.33. The van der Waals surface area contributed by atoms with Crippen molar-refractivity contribution in [1.29, 1.82) is 0 Å². The number of rotatable bonds is 5. The fraction of sp³-hybridized carbons (Fsp3) is 0.458. The summed E-state index contributed by atoms with van der Waals surface area (Å²) in [6.45, 7) is 2.56. The van der Waals surface area contributed by atoms with Crippen LogP contribution in [0.3, 0.4) is 0 Å². The number of aromatic nitrogens is 5. The van der Waals surface area contributed by atoms with Crippen LogP contribution in [0.2, 0.25) is 0 Å². The predicted molar refractivity (Wildman–Crippen MR) is 125 cm³/mol. The monoisotopic (exact) mass is 444 g/mol. The molecule has 3 aliphatic rings. The summed E-state index contributed by atoms with van der Waals surface area (Å²) < 4.78 is 0. The van der Waals surface area contributed by atoms with E-state index in [0.29, 0.717) is 11.8 Å². The van der Waals surface area contributed by atoms with Gasteiger partial charge < -0.3 is 15.1 Å². The molecule has 2 N–H and O–H groups in total. The zero-order chi connectivity index (χ0) is 22.2. The number of likely N-dealkylation sites (tertiary alicyclic amines) is 1. The summed E-state index contributed by atoms with van der Waals surface area (Å²) in [7, 11) is 0. The molecule has 1 amide bonds. The van der Waals surface area contributed by atoms with Crippen LogP contribution >= 0.6 is 0 Å². The summed E-state index contributed by atoms with van der Waals surface area (Å²) in [5, 5.41) is 10.9. The summed E-state index contributed by atoms with van der Waals surface area (Å²) in [5.41, 5.74) is 4.12. The number of carbonyl (C=O) groups excluding carboxylic acids is 1. The first-order valence-electron chi connectivity index (χ1n) is 11.9. The van der Waals surface area contributed by atoms with Gasteiger partial charge in [0, 0.05) is 49.2 Å². The van der Waals surface area contributed by atoms with Crippen LogP contribution < -0.4 is 10.2 Å². The van der Waals surface area contributed by atoms with Gasteiger partial charge in [-0.05, 0) is 57.1 Å². The van der Waals surface area contributed by atoms with Gasteiger partial charge in [-0.25, -0.2) is 4.98 Å². The molecule has 0 saturated carbocycles. The highest BCUT2D eigenvalue weighted by atomic mass is 16.2. The maximum atomic E-state index is 13.2. The minimum atomic E-state index is -0.155. The van der Waals surface area contributed by atoms with Crippen LogP contribution in [0.15, 0.2) is 30.6 Å². The first-order valence-corrected chi connectivity index (χ1v) is 11.9. The van der Waals surface area contributed by atoms with Gasteiger partial charge >= 0.3 is 0 Å². The van der Waals surface area contributed by atoms with Gasteiger partial charge in [-0.2, -0.15) is 10.1 Å². The standard InChI is InChI=1S/C24H28N8O/c33-23(31-11-1-2-12-31)20-9-5-13-32(20)24-26-18-8-3-7-17(18)22(28-24)27-21-14-19(29-30-21)16-6-4-10-25-15-16/h4,6,10,14-15,20H,1-3,5,7-9,11-13H2,(H2,26,27,28,29,30). The summed E-state index contributed by atoms with van der Waals surface area (Å²) in [5.74, 6) is 2.41. The van der Waals surface area contributed by atoms with Crippen LogP contribution in [0.25, 0.3) is 11.3 Å². The topological polar surface area (TPSA) is 103 Å². The Balaban J connectivity index is 1.29. The number of nitrogens with one attached hydrogen (secondary N) is 2. The van der Waals surface area contributed by atoms with Crippen molar-refractivity contribution in [2.75, 3.05) is 29.9 Å². The molecule has 3 aromatic heterocycles. The lowest BCUT2D eigenvalue weighted by atomic mass is 10.2. The number of pyridine rings is 1. The van der Waals surface area contributed by atoms with Crippen LogP contribution in [0.5, 0.6) is 0 Å². The summed E-state index contributed by atoms with van der Waals surface area (Å²) in [4.78, 5) is 31.3. The van der Waals surface area contributed by atoms with Gasteiger partial charge in [0.2, 0.25) is 11.9 Å². The Morgan fingerprint density at radius 1 is 1.09 bits per heavy atom. The molecule has 170 valence electrons. The van der Waals surface area contributed by atoms with E-state index < -0.39 is 0 Å². The molecule has 2 saturated heterocycles. The number of H-pyrrole nitrogens is 1. The number of hydrogen-bond acceptors (Lipinski definition) is 7. The molecule has 1 atom stereocenters. The molecule has 1 unspecified atom stereocenters. The molecule has 33 heavy (non-hydrogen) atoms. The second-order valence-electron chi connectivity index (χ2n) is 9.07. The van der Waals surface area contributed by atoms with Gasteiger partial charge in [0.05, 0.1) is 11.4 Å². The molecule has 5 heterocycles. The molecule has 0 spiro atoms. The molecule has 9 nitrogen and oxygen atoms in total. The maximum absolute atomic E-state index is 13.2. The molecule has 0 radical (unpaired) electrons. The Labute approximate surface area is 192 Å². The third kappa shape index (κ3) is 3.81. The van der Waals surface area contributed by atoms with Gasteiger partial charge in [0.25, 0.3) is 0 Å². The molecule has 9 heteroatoms. The third-order valence-electron chi connectivity index (χ3n) is 6.93. The number of anilines is 3. The van der Waals surface area contributed by atoms with Crippen LogP contribution in [0, 0.1) is 0 Å². The first kappa shape index (κ1) is 20.1. The lowest BCUT2D eigenvalue weighted by Crippen LogP contribution is -2.45. The predicted octanol–water partition coefficient (Wildman–Crippen LogP) is 3.09. The highest BCUT2D eigenvalue weighted by Gasteiger charge is 2.37. The lowest BCUT2D eigenvalue weighted by Gasteiger charge is -2.28. The van der Waals surface area contributed by atoms with E-state index in [1.807, 2.05) is 29.3 Å². The number of carbonyl (C=O) groups is 1. The van der Waals surface area contributed by atoms with E-state index in [1.165, 1.54) is 0 Å². The Morgan fingerprint density at radius 2 is 2.00 bits per heavy atom. The van der Waals surface area contributed by atoms with E-state index >= 15 is 0 Å². The van der Waals surface area contributed by atoms with Crippen molar-refractivity contribution < 1.29 is 4.79 Å². The van der Waals surface area contributed by atoms with Crippen LogP contribution in [0.4, 0.5) is 17.6 Å². The molecule has 0 bridgehead atoms. The summed E-state index contributed by atoms with van der Waals surface area (Å²) >= 11 is 0. The van der Waals surface area contributed by atoms with E-state index in [0.717, 1.165) is 92.9 Å². The molecule has 6 rings (SSSR count). The number of aromatic amines is 1. The molecule has 0 aromatic carbocycles. The second-order valence-corrected chi connectivity index (χ2v) is 9.07. The zero-order valence-electron chi connectivity index (χ0n) is 18.6. The van der Waals surface area contributed by atoms with Gasteiger partial charge in [0.1, 0.15) is 11.9 Å². The van der Waals surface area contributed by atoms with Crippen LogP contribution in [0.1, 0.15) is 43.4 Å². The average molecular weight is 445 g/mol. The van der Waals surface area contributed by atoms with E-state index in [2.05, 4.69) is 25.4 Å². The highest BCUT2D eigenvalue weighted by molar-refractivity contribution is 5.85. The van der Waals surface area contributed by atoms with Crippen LogP contribution in [-0.2, 0) is 17.6 Å². The largest absolute Gasteiger partial charge is 0.341 e. The summed E-state index contributed by atoms with van der Waals surface area (Å²) in [6.07, 6.45) is 10.6. The quantitative estimate of drug-likeness (QED) is 0.623. The lowest BCUT2D eigenvalue weighted by molar-refractivity contribution is -0.131. The van der Waals surface area contributed by atoms with Crippen molar-refractivity contribution in [2.24, 2.45) is 0 Å². The smallest absolute Gasteiger partial charge is 0.245 e. The Kier molecular flexibility index (Phi) is 5.16. The summed E-state index contributed by atoms with van der Waals surface area (Å²) in [6, 6.07) is 5.71. The van der Waals surface area contributed by atoms with E-state index in [1.54, 1.807) is 6.20 Å². The van der Waals surface area contributed by atoms with Gasteiger partial charge in [-0.3, -0.25) is 14.9 Å². The van der Waals surface area contributed by atoms with Crippen molar-refractivity contribution in [3.8, 4) is 11.3 Å². The molecule has 1 aliphatic carbocycles. The minimum absolute atomic E-state index is 0.155. The molecular weight excluding hydrogens is 416 g/mol. The third-order valence-corrected chi connectivity index (χ3v) is 6.93. The Morgan fingerprint density at radius 3 is 2.85 bits per heavy atom. The van der Waals surface area contributed by atoms with Crippen molar-refractivity contribution in [3.63, 3.8) is 0 Å². The normalized spacial score (nSPS) is 19.8. The number of fused-ring (bicyclic) bond motifs is 1. The van der Waals surface area contributed by atoms with Gasteiger partial charge in [0.15, 0.2) is 5.82 Å². The van der Waals surface area contributed by atoms with E-state index in [-0.39, 0.29) is 11.9 Å². The Hall–Kier alpha value is -3.49. The average Bonchev–Trinajstić information content (AvgIpc) is 3.65.